The van der Waals surface area contributed by atoms with Gasteiger partial charge in [0.1, 0.15) is 23.4 Å². The summed E-state index contributed by atoms with van der Waals surface area (Å²) in [5.41, 5.74) is 18.3. The minimum atomic E-state index is -0.730. The highest BCUT2D eigenvalue weighted by molar-refractivity contribution is 5.81. The summed E-state index contributed by atoms with van der Waals surface area (Å²) in [6.45, 7) is 3.46. The molecule has 10 nitrogen and oxygen atoms in total. The van der Waals surface area contributed by atoms with Crippen molar-refractivity contribution >= 4 is 22.7 Å². The first-order chi connectivity index (χ1) is 19.3. The van der Waals surface area contributed by atoms with E-state index >= 15 is 0 Å². The summed E-state index contributed by atoms with van der Waals surface area (Å²) in [4.78, 5) is 24.5. The fraction of sp³-hybridized carbons (Fsp3) is 0.276. The Morgan fingerprint density at radius 3 is 2.67 bits per heavy atom. The number of hydrogen-bond donors (Lipinski definition) is 2. The van der Waals surface area contributed by atoms with Gasteiger partial charge in [0.15, 0.2) is 11.5 Å². The molecule has 204 valence electrons. The molecule has 0 amide bonds. The molecule has 4 N–H and O–H groups in total. The predicted octanol–water partition coefficient (Wildman–Crippen LogP) is 3.82. The van der Waals surface area contributed by atoms with Gasteiger partial charge in [-0.05, 0) is 67.8 Å². The second-order valence-electron chi connectivity index (χ2n) is 10.2. The van der Waals surface area contributed by atoms with Crippen molar-refractivity contribution < 1.29 is 9.13 Å². The number of aromatic nitrogens is 6. The van der Waals surface area contributed by atoms with Crippen LogP contribution < -0.4 is 21.1 Å². The number of benzene rings is 1. The number of nitrogens with two attached hydrogens (primary N) is 2. The molecule has 0 unspecified atom stereocenters. The number of nitrogens with zero attached hydrogens (tertiary/aromatic N) is 7. The van der Waals surface area contributed by atoms with E-state index in [9.17, 15) is 4.39 Å². The molecule has 1 atom stereocenters. The number of halogens is 1. The van der Waals surface area contributed by atoms with Gasteiger partial charge in [-0.3, -0.25) is 9.97 Å². The Kier molecular flexibility index (Phi) is 6.51. The van der Waals surface area contributed by atoms with Gasteiger partial charge < -0.3 is 25.7 Å². The van der Waals surface area contributed by atoms with E-state index in [0.29, 0.717) is 41.5 Å². The summed E-state index contributed by atoms with van der Waals surface area (Å²) in [5, 5.41) is 0. The molecule has 1 saturated heterocycles. The molecular formula is C29H30FN9O. The molecule has 1 aliphatic heterocycles. The number of methoxy groups -OCH3 is 1. The zero-order valence-corrected chi connectivity index (χ0v) is 22.4. The van der Waals surface area contributed by atoms with Gasteiger partial charge in [-0.1, -0.05) is 0 Å². The normalized spacial score (nSPS) is 17.4. The van der Waals surface area contributed by atoms with Crippen molar-refractivity contribution in [2.24, 2.45) is 5.73 Å². The van der Waals surface area contributed by atoms with Crippen LogP contribution in [0.1, 0.15) is 29.8 Å². The van der Waals surface area contributed by atoms with Crippen LogP contribution >= 0.6 is 0 Å². The number of hydrogen-bond acceptors (Lipinski definition) is 9. The molecular weight excluding hydrogens is 509 g/mol. The third kappa shape index (κ3) is 4.68. The number of anilines is 2. The molecule has 4 aromatic heterocycles. The SMILES string of the molecule is COc1ccc(-c2cc(Cn3cnc4c(N)ncnc43)c(N3CCC[C@](N)(c4ccc(F)c(C)n4)C3)cn2)cc1. The first kappa shape index (κ1) is 25.6. The number of imidazole rings is 1. The van der Waals surface area contributed by atoms with Crippen LogP contribution in [0, 0.1) is 12.7 Å². The van der Waals surface area contributed by atoms with Crippen molar-refractivity contribution in [1.29, 1.82) is 0 Å². The third-order valence-electron chi connectivity index (χ3n) is 7.52. The number of aryl methyl sites for hydroxylation is 1. The van der Waals surface area contributed by atoms with Gasteiger partial charge in [-0.25, -0.2) is 19.3 Å². The number of pyridine rings is 2. The second-order valence-corrected chi connectivity index (χ2v) is 10.2. The minimum Gasteiger partial charge on any atom is -0.497 e. The molecule has 5 heterocycles. The summed E-state index contributed by atoms with van der Waals surface area (Å²) in [6, 6.07) is 13.0. The lowest BCUT2D eigenvalue weighted by Gasteiger charge is -2.41. The van der Waals surface area contributed by atoms with Crippen molar-refractivity contribution in [2.75, 3.05) is 30.8 Å². The fourth-order valence-corrected chi connectivity index (χ4v) is 5.34. The van der Waals surface area contributed by atoms with Crippen molar-refractivity contribution in [1.82, 2.24) is 29.5 Å². The van der Waals surface area contributed by atoms with Crippen molar-refractivity contribution in [3.63, 3.8) is 0 Å². The Morgan fingerprint density at radius 2 is 1.90 bits per heavy atom. The van der Waals surface area contributed by atoms with E-state index in [0.717, 1.165) is 47.6 Å². The molecule has 11 heteroatoms. The lowest BCUT2D eigenvalue weighted by atomic mass is 9.86. The largest absolute Gasteiger partial charge is 0.497 e. The highest BCUT2D eigenvalue weighted by atomic mass is 19.1. The quantitative estimate of drug-likeness (QED) is 0.330. The number of rotatable bonds is 6. The van der Waals surface area contributed by atoms with Gasteiger partial charge in [-0.15, -0.1) is 0 Å². The molecule has 0 aliphatic carbocycles. The van der Waals surface area contributed by atoms with Crippen molar-refractivity contribution in [2.45, 2.75) is 31.8 Å². The maximum absolute atomic E-state index is 14.0. The standard InChI is InChI=1S/C29H30FN9O/c1-18-22(30)8-9-25(37-18)29(32)10-3-11-38(15-29)24-13-33-23(19-4-6-21(40-2)7-5-19)12-20(24)14-39-17-36-26-27(31)34-16-35-28(26)39/h4-9,12-13,16-17H,3,10-11,14-15,32H2,1-2H3,(H2,31,34,35)/t29-/m1/s1. The van der Waals surface area contributed by atoms with E-state index in [4.69, 9.17) is 21.2 Å². The van der Waals surface area contributed by atoms with Crippen LogP contribution in [0.5, 0.6) is 5.75 Å². The summed E-state index contributed by atoms with van der Waals surface area (Å²) >= 11 is 0. The van der Waals surface area contributed by atoms with Gasteiger partial charge in [0.25, 0.3) is 0 Å². The number of nitrogen functional groups attached to an aromatic ring is 1. The molecule has 6 rings (SSSR count). The van der Waals surface area contributed by atoms with E-state index in [2.05, 4.69) is 30.9 Å². The Bertz CT molecular complexity index is 1690. The fourth-order valence-electron chi connectivity index (χ4n) is 5.34. The van der Waals surface area contributed by atoms with Crippen LogP contribution in [0.4, 0.5) is 15.9 Å². The molecule has 40 heavy (non-hydrogen) atoms. The van der Waals surface area contributed by atoms with Crippen LogP contribution in [0.15, 0.2) is 61.3 Å². The van der Waals surface area contributed by atoms with E-state index in [1.807, 2.05) is 35.0 Å². The minimum absolute atomic E-state index is 0.336. The topological polar surface area (TPSA) is 134 Å². The van der Waals surface area contributed by atoms with E-state index in [1.165, 1.54) is 12.4 Å². The second kappa shape index (κ2) is 10.2. The molecule has 0 spiro atoms. The molecule has 1 aliphatic rings. The maximum atomic E-state index is 14.0. The first-order valence-corrected chi connectivity index (χ1v) is 13.1. The van der Waals surface area contributed by atoms with Crippen molar-refractivity contribution in [3.05, 3.63) is 84.1 Å². The highest BCUT2D eigenvalue weighted by Gasteiger charge is 2.36. The molecule has 1 fully saturated rings. The van der Waals surface area contributed by atoms with Gasteiger partial charge in [0, 0.05) is 18.7 Å². The molecule has 0 bridgehead atoms. The maximum Gasteiger partial charge on any atom is 0.165 e. The van der Waals surface area contributed by atoms with E-state index in [1.54, 1.807) is 26.4 Å². The summed E-state index contributed by atoms with van der Waals surface area (Å²) in [6.07, 6.45) is 6.66. The summed E-state index contributed by atoms with van der Waals surface area (Å²) in [5.74, 6) is 0.779. The first-order valence-electron chi connectivity index (χ1n) is 13.1. The Labute approximate surface area is 230 Å². The zero-order chi connectivity index (χ0) is 27.9. The third-order valence-corrected chi connectivity index (χ3v) is 7.52. The van der Waals surface area contributed by atoms with Crippen LogP contribution in [-0.2, 0) is 12.1 Å². The summed E-state index contributed by atoms with van der Waals surface area (Å²) < 4.78 is 21.2. The molecule has 5 aromatic rings. The monoisotopic (exact) mass is 539 g/mol. The average Bonchev–Trinajstić information content (AvgIpc) is 3.38. The van der Waals surface area contributed by atoms with Gasteiger partial charge in [0.2, 0.25) is 0 Å². The number of ether oxygens (including phenoxy) is 1. The number of fused-ring (bicyclic) bond motifs is 1. The zero-order valence-electron chi connectivity index (χ0n) is 22.4. The van der Waals surface area contributed by atoms with Gasteiger partial charge >= 0.3 is 0 Å². The Morgan fingerprint density at radius 1 is 1.07 bits per heavy atom. The van der Waals surface area contributed by atoms with Gasteiger partial charge in [0.05, 0.1) is 54.5 Å². The highest BCUT2D eigenvalue weighted by Crippen LogP contribution is 2.35. The van der Waals surface area contributed by atoms with E-state index < -0.39 is 5.54 Å². The molecule has 0 saturated carbocycles. The Balaban J connectivity index is 1.40. The lowest BCUT2D eigenvalue weighted by Crippen LogP contribution is -2.52. The smallest absolute Gasteiger partial charge is 0.165 e. The number of piperidine rings is 1. The van der Waals surface area contributed by atoms with Crippen molar-refractivity contribution in [3.8, 4) is 17.0 Å². The Hall–Kier alpha value is -4.64. The van der Waals surface area contributed by atoms with Crippen LogP contribution in [-0.4, -0.2) is 49.7 Å². The predicted molar refractivity (Wildman–Crippen MR) is 151 cm³/mol. The van der Waals surface area contributed by atoms with Gasteiger partial charge in [-0.2, -0.15) is 0 Å². The van der Waals surface area contributed by atoms with Crippen LogP contribution in [0.2, 0.25) is 0 Å². The van der Waals surface area contributed by atoms with Crippen LogP contribution in [0.25, 0.3) is 22.4 Å². The molecule has 1 aromatic carbocycles. The van der Waals surface area contributed by atoms with E-state index in [-0.39, 0.29) is 5.82 Å². The summed E-state index contributed by atoms with van der Waals surface area (Å²) in [7, 11) is 1.64. The lowest BCUT2D eigenvalue weighted by molar-refractivity contribution is 0.343. The molecule has 0 radical (unpaired) electrons. The average molecular weight is 540 g/mol. The van der Waals surface area contributed by atoms with Crippen LogP contribution in [0.3, 0.4) is 0 Å².